The van der Waals surface area contributed by atoms with Gasteiger partial charge in [-0.15, -0.1) is 0 Å². The first-order valence-electron chi connectivity index (χ1n) is 11.4. The molecule has 0 radical (unpaired) electrons. The van der Waals surface area contributed by atoms with E-state index in [0.29, 0.717) is 6.54 Å². The second-order valence-electron chi connectivity index (χ2n) is 8.81. The molecule has 0 aromatic heterocycles. The molecule has 31 heavy (non-hydrogen) atoms. The molecule has 1 saturated carbocycles. The van der Waals surface area contributed by atoms with Crippen LogP contribution in [-0.2, 0) is 14.9 Å². The van der Waals surface area contributed by atoms with E-state index in [1.54, 1.807) is 0 Å². The molecule has 5 rings (SSSR count). The van der Waals surface area contributed by atoms with Gasteiger partial charge >= 0.3 is 0 Å². The van der Waals surface area contributed by atoms with Gasteiger partial charge in [-0.3, -0.25) is 9.69 Å². The molecule has 1 saturated heterocycles. The summed E-state index contributed by atoms with van der Waals surface area (Å²) in [6.45, 7) is 7.37. The lowest BCUT2D eigenvalue weighted by molar-refractivity contribution is -0.120. The lowest BCUT2D eigenvalue weighted by Crippen LogP contribution is -2.39. The molecular weight excluding hydrogens is 410 g/mol. The van der Waals surface area contributed by atoms with Gasteiger partial charge < -0.3 is 15.0 Å². The van der Waals surface area contributed by atoms with Crippen molar-refractivity contribution < 1.29 is 9.53 Å². The van der Waals surface area contributed by atoms with Gasteiger partial charge in [0.25, 0.3) is 0 Å². The molecule has 6 heteroatoms. The number of hydrogen-bond donors (Lipinski definition) is 1. The normalized spacial score (nSPS) is 25.3. The predicted octanol–water partition coefficient (Wildman–Crippen LogP) is 3.42. The molecule has 2 aromatic rings. The summed E-state index contributed by atoms with van der Waals surface area (Å²) in [5.74, 6) is 0.494. The van der Waals surface area contributed by atoms with Crippen LogP contribution in [-0.4, -0.2) is 63.3 Å². The van der Waals surface area contributed by atoms with Gasteiger partial charge in [0.05, 0.1) is 18.6 Å². The Hall–Kier alpha value is -1.92. The van der Waals surface area contributed by atoms with Crippen molar-refractivity contribution in [1.82, 2.24) is 10.2 Å². The first-order chi connectivity index (χ1) is 15.2. The van der Waals surface area contributed by atoms with Crippen LogP contribution >= 0.6 is 11.6 Å². The average Bonchev–Trinajstić information content (AvgIpc) is 3.51. The van der Waals surface area contributed by atoms with Crippen molar-refractivity contribution in [3.8, 4) is 0 Å². The Morgan fingerprint density at radius 2 is 1.81 bits per heavy atom. The number of nitrogens with one attached hydrogen (secondary N) is 1. The van der Waals surface area contributed by atoms with E-state index < -0.39 is 0 Å². The maximum atomic E-state index is 13.6. The number of para-hydroxylation sites is 1. The molecule has 0 unspecified atom stereocenters. The molecule has 1 spiro atoms. The number of fused-ring (bicyclic) bond motifs is 2. The Bertz CT molecular complexity index is 929. The van der Waals surface area contributed by atoms with Crippen LogP contribution in [0.25, 0.3) is 0 Å². The number of anilines is 1. The summed E-state index contributed by atoms with van der Waals surface area (Å²) in [4.78, 5) is 18.0. The van der Waals surface area contributed by atoms with E-state index in [9.17, 15) is 4.79 Å². The van der Waals surface area contributed by atoms with Gasteiger partial charge in [-0.25, -0.2) is 0 Å². The largest absolute Gasteiger partial charge is 0.379 e. The fraction of sp³-hybridized carbons (Fsp3) is 0.480. The van der Waals surface area contributed by atoms with E-state index >= 15 is 0 Å². The highest BCUT2D eigenvalue weighted by molar-refractivity contribution is 6.30. The highest BCUT2D eigenvalue weighted by Crippen LogP contribution is 2.66. The van der Waals surface area contributed by atoms with Crippen LogP contribution in [0.1, 0.15) is 29.9 Å². The van der Waals surface area contributed by atoms with Gasteiger partial charge in [0.15, 0.2) is 0 Å². The molecule has 1 N–H and O–H groups in total. The minimum Gasteiger partial charge on any atom is -0.379 e. The van der Waals surface area contributed by atoms with Gasteiger partial charge in [-0.05, 0) is 55.3 Å². The zero-order valence-electron chi connectivity index (χ0n) is 17.9. The van der Waals surface area contributed by atoms with Crippen LogP contribution in [0.3, 0.4) is 0 Å². The fourth-order valence-corrected chi connectivity index (χ4v) is 5.36. The van der Waals surface area contributed by atoms with Crippen molar-refractivity contribution >= 4 is 23.2 Å². The number of carbonyl (C=O) groups is 1. The number of carbonyl (C=O) groups excluding carboxylic acids is 1. The number of ether oxygens (including phenoxy) is 1. The molecule has 2 aliphatic heterocycles. The third kappa shape index (κ3) is 4.00. The molecular formula is C25H30ClN3O2. The Kier molecular flexibility index (Phi) is 6.02. The van der Waals surface area contributed by atoms with Crippen molar-refractivity contribution in [1.29, 1.82) is 0 Å². The minimum atomic E-state index is -0.388. The van der Waals surface area contributed by atoms with Crippen LogP contribution in [0.5, 0.6) is 0 Å². The van der Waals surface area contributed by atoms with Crippen molar-refractivity contribution in [3.05, 3.63) is 64.7 Å². The van der Waals surface area contributed by atoms with E-state index in [4.69, 9.17) is 16.3 Å². The highest BCUT2D eigenvalue weighted by atomic mass is 35.5. The van der Waals surface area contributed by atoms with Crippen LogP contribution in [0, 0.1) is 0 Å². The molecule has 164 valence electrons. The van der Waals surface area contributed by atoms with Gasteiger partial charge in [0.1, 0.15) is 0 Å². The zero-order valence-corrected chi connectivity index (χ0v) is 18.6. The van der Waals surface area contributed by atoms with Gasteiger partial charge in [-0.2, -0.15) is 0 Å². The summed E-state index contributed by atoms with van der Waals surface area (Å²) in [5, 5.41) is 4.27. The third-order valence-corrected chi connectivity index (χ3v) is 7.23. The molecule has 1 aliphatic carbocycles. The predicted molar refractivity (Wildman–Crippen MR) is 124 cm³/mol. The Morgan fingerprint density at radius 3 is 2.61 bits per heavy atom. The maximum Gasteiger partial charge on any atom is 0.238 e. The molecule has 2 fully saturated rings. The van der Waals surface area contributed by atoms with Crippen LogP contribution in [0.4, 0.5) is 5.69 Å². The monoisotopic (exact) mass is 439 g/mol. The van der Waals surface area contributed by atoms with Crippen LogP contribution < -0.4 is 10.2 Å². The number of rotatable bonds is 8. The summed E-state index contributed by atoms with van der Waals surface area (Å²) >= 11 is 6.07. The molecule has 2 aromatic carbocycles. The smallest absolute Gasteiger partial charge is 0.238 e. The summed E-state index contributed by atoms with van der Waals surface area (Å²) in [7, 11) is 0. The number of amides is 1. The number of halogens is 1. The first-order valence-corrected chi connectivity index (χ1v) is 11.8. The van der Waals surface area contributed by atoms with Crippen molar-refractivity contribution in [2.75, 3.05) is 57.4 Å². The van der Waals surface area contributed by atoms with Crippen LogP contribution in [0.2, 0.25) is 5.02 Å². The van der Waals surface area contributed by atoms with Crippen molar-refractivity contribution in [3.63, 3.8) is 0 Å². The van der Waals surface area contributed by atoms with E-state index in [1.807, 2.05) is 23.1 Å². The lowest BCUT2D eigenvalue weighted by Gasteiger charge is -2.26. The average molecular weight is 440 g/mol. The quantitative estimate of drug-likeness (QED) is 0.640. The van der Waals surface area contributed by atoms with Gasteiger partial charge in [0.2, 0.25) is 5.91 Å². The highest BCUT2D eigenvalue weighted by Gasteiger charge is 2.66. The topological polar surface area (TPSA) is 44.8 Å². The molecule has 2 atom stereocenters. The van der Waals surface area contributed by atoms with E-state index in [2.05, 4.69) is 40.5 Å². The lowest BCUT2D eigenvalue weighted by atomic mass is 9.92. The minimum absolute atomic E-state index is 0.241. The van der Waals surface area contributed by atoms with Crippen molar-refractivity contribution in [2.24, 2.45) is 0 Å². The maximum absolute atomic E-state index is 13.6. The van der Waals surface area contributed by atoms with E-state index in [-0.39, 0.29) is 17.2 Å². The number of morpholine rings is 1. The van der Waals surface area contributed by atoms with Crippen molar-refractivity contribution in [2.45, 2.75) is 24.2 Å². The summed E-state index contributed by atoms with van der Waals surface area (Å²) in [5.41, 5.74) is 3.09. The van der Waals surface area contributed by atoms with Gasteiger partial charge in [-0.1, -0.05) is 41.9 Å². The second kappa shape index (κ2) is 8.91. The number of nitrogens with zero attached hydrogens (tertiary/aromatic N) is 2. The standard InChI is InChI=1S/C25H30ClN3O2/c26-20-8-6-19(7-9-20)22-18-25(22)21-4-1-2-5-23(21)29(24(25)30)13-11-27-10-3-12-28-14-16-31-17-15-28/h1-2,4-9,22,27H,3,10-18H2/t22-,25-/m0/s1. The molecule has 2 heterocycles. The first kappa shape index (κ1) is 21.0. The Balaban J connectivity index is 1.19. The molecule has 5 nitrogen and oxygen atoms in total. The SMILES string of the molecule is O=C1N(CCNCCCN2CCOCC2)c2ccccc2[C@]12C[C@H]2c1ccc(Cl)cc1. The van der Waals surface area contributed by atoms with Gasteiger partial charge in [0, 0.05) is 42.8 Å². The third-order valence-electron chi connectivity index (χ3n) is 6.98. The molecule has 0 bridgehead atoms. The second-order valence-corrected chi connectivity index (χ2v) is 9.25. The number of benzene rings is 2. The Morgan fingerprint density at radius 1 is 1.03 bits per heavy atom. The zero-order chi connectivity index (χ0) is 21.3. The van der Waals surface area contributed by atoms with E-state index in [1.165, 1.54) is 11.1 Å². The summed E-state index contributed by atoms with van der Waals surface area (Å²) in [6.07, 6.45) is 2.00. The number of hydrogen-bond acceptors (Lipinski definition) is 4. The summed E-state index contributed by atoms with van der Waals surface area (Å²) < 4.78 is 5.40. The molecule has 1 amide bonds. The fourth-order valence-electron chi connectivity index (χ4n) is 5.24. The molecule has 3 aliphatic rings. The summed E-state index contributed by atoms with van der Waals surface area (Å²) in [6, 6.07) is 16.3. The van der Waals surface area contributed by atoms with Crippen LogP contribution in [0.15, 0.2) is 48.5 Å². The van der Waals surface area contributed by atoms with E-state index in [0.717, 1.165) is 69.5 Å². The Labute approximate surface area is 189 Å².